The first-order valence-electron chi connectivity index (χ1n) is 7.03. The van der Waals surface area contributed by atoms with E-state index in [1.807, 2.05) is 36.4 Å². The molecule has 0 saturated heterocycles. The Morgan fingerprint density at radius 1 is 1.22 bits per heavy atom. The molecule has 0 unspecified atom stereocenters. The molecule has 0 bridgehead atoms. The van der Waals surface area contributed by atoms with E-state index in [1.54, 1.807) is 23.3 Å². The number of carbonyl (C=O) groups excluding carboxylic acids is 1. The molecule has 1 amide bonds. The van der Waals surface area contributed by atoms with Crippen molar-refractivity contribution >= 4 is 21.8 Å². The zero-order valence-corrected chi connectivity index (χ0v) is 13.8. The quantitative estimate of drug-likeness (QED) is 0.746. The summed E-state index contributed by atoms with van der Waals surface area (Å²) in [5.41, 5.74) is 2.48. The summed E-state index contributed by atoms with van der Waals surface area (Å²) in [5, 5.41) is 10.9. The van der Waals surface area contributed by atoms with Crippen LogP contribution in [-0.4, -0.2) is 25.9 Å². The smallest absolute Gasteiger partial charge is 0.224 e. The Morgan fingerprint density at radius 3 is 2.78 bits per heavy atom. The number of benzene rings is 1. The van der Waals surface area contributed by atoms with Crippen LogP contribution in [0.15, 0.2) is 59.5 Å². The minimum Gasteiger partial charge on any atom is -0.350 e. The molecule has 0 saturated carbocycles. The monoisotopic (exact) mass is 371 g/mol. The van der Waals surface area contributed by atoms with Crippen LogP contribution in [0.4, 0.5) is 0 Å². The van der Waals surface area contributed by atoms with Gasteiger partial charge in [-0.25, -0.2) is 4.68 Å². The number of amides is 1. The lowest BCUT2D eigenvalue weighted by Crippen LogP contribution is -2.24. The van der Waals surface area contributed by atoms with Gasteiger partial charge in [0.15, 0.2) is 0 Å². The Balaban J connectivity index is 1.55. The molecule has 116 valence electrons. The molecule has 0 radical (unpaired) electrons. The van der Waals surface area contributed by atoms with Crippen LogP contribution in [0.3, 0.4) is 0 Å². The Hall–Kier alpha value is -2.54. The van der Waals surface area contributed by atoms with E-state index in [0.717, 1.165) is 15.7 Å². The molecule has 3 aromatic rings. The lowest BCUT2D eigenvalue weighted by atomic mass is 10.1. The van der Waals surface area contributed by atoms with Crippen molar-refractivity contribution in [3.8, 4) is 5.69 Å². The number of nitrogens with one attached hydrogen (secondary N) is 1. The molecule has 0 aliphatic rings. The number of pyridine rings is 1. The zero-order chi connectivity index (χ0) is 16.1. The van der Waals surface area contributed by atoms with Crippen LogP contribution in [0.5, 0.6) is 0 Å². The summed E-state index contributed by atoms with van der Waals surface area (Å²) in [4.78, 5) is 16.0. The van der Waals surface area contributed by atoms with E-state index in [2.05, 4.69) is 36.5 Å². The van der Waals surface area contributed by atoms with Crippen molar-refractivity contribution in [1.82, 2.24) is 25.3 Å². The molecule has 1 aromatic carbocycles. The van der Waals surface area contributed by atoms with Gasteiger partial charge < -0.3 is 5.32 Å². The highest BCUT2D eigenvalue weighted by Gasteiger charge is 2.06. The number of aromatic nitrogens is 4. The van der Waals surface area contributed by atoms with Gasteiger partial charge >= 0.3 is 0 Å². The first kappa shape index (κ1) is 15.4. The number of hydrogen-bond donors (Lipinski definition) is 1. The Kier molecular flexibility index (Phi) is 4.77. The number of carbonyl (C=O) groups is 1. The van der Waals surface area contributed by atoms with Crippen LogP contribution in [-0.2, 0) is 17.8 Å². The third-order valence-electron chi connectivity index (χ3n) is 3.20. The van der Waals surface area contributed by atoms with Gasteiger partial charge in [-0.05, 0) is 29.8 Å². The van der Waals surface area contributed by atoms with E-state index in [9.17, 15) is 4.79 Å². The van der Waals surface area contributed by atoms with Crippen molar-refractivity contribution < 1.29 is 4.79 Å². The van der Waals surface area contributed by atoms with Gasteiger partial charge in [-0.2, -0.15) is 0 Å². The molecule has 7 heteroatoms. The van der Waals surface area contributed by atoms with Gasteiger partial charge in [-0.15, -0.1) is 5.10 Å². The fourth-order valence-corrected chi connectivity index (χ4v) is 2.30. The van der Waals surface area contributed by atoms with Gasteiger partial charge in [0.25, 0.3) is 0 Å². The summed E-state index contributed by atoms with van der Waals surface area (Å²) in [6.45, 7) is 0.343. The molecule has 0 fully saturated rings. The van der Waals surface area contributed by atoms with Crippen LogP contribution >= 0.6 is 15.9 Å². The Morgan fingerprint density at radius 2 is 2.04 bits per heavy atom. The van der Waals surface area contributed by atoms with Crippen LogP contribution < -0.4 is 5.32 Å². The molecule has 0 atom stereocenters. The van der Waals surface area contributed by atoms with E-state index in [-0.39, 0.29) is 5.91 Å². The maximum absolute atomic E-state index is 12.0. The number of halogens is 1. The maximum Gasteiger partial charge on any atom is 0.224 e. The third kappa shape index (κ3) is 4.23. The zero-order valence-electron chi connectivity index (χ0n) is 12.2. The first-order chi connectivity index (χ1) is 11.2. The Labute approximate surface area is 141 Å². The van der Waals surface area contributed by atoms with Crippen LogP contribution in [0.1, 0.15) is 11.3 Å². The maximum atomic E-state index is 12.0. The van der Waals surface area contributed by atoms with E-state index in [0.29, 0.717) is 18.7 Å². The van der Waals surface area contributed by atoms with Gasteiger partial charge in [0, 0.05) is 10.7 Å². The van der Waals surface area contributed by atoms with Gasteiger partial charge in [0.2, 0.25) is 5.91 Å². The molecule has 1 N–H and O–H groups in total. The van der Waals surface area contributed by atoms with Gasteiger partial charge in [-0.1, -0.05) is 33.3 Å². The minimum absolute atomic E-state index is 0.0525. The highest BCUT2D eigenvalue weighted by molar-refractivity contribution is 9.10. The second kappa shape index (κ2) is 7.15. The van der Waals surface area contributed by atoms with E-state index in [4.69, 9.17) is 0 Å². The Bertz CT molecular complexity index is 786. The van der Waals surface area contributed by atoms with Crippen molar-refractivity contribution in [1.29, 1.82) is 0 Å². The second-order valence-corrected chi connectivity index (χ2v) is 5.86. The SMILES string of the molecule is O=C(Cc1ccc(Br)cc1)NCc1cn(-c2cccnc2)nn1. The van der Waals surface area contributed by atoms with Crippen molar-refractivity contribution in [2.24, 2.45) is 0 Å². The van der Waals surface area contributed by atoms with Crippen LogP contribution in [0.2, 0.25) is 0 Å². The second-order valence-electron chi connectivity index (χ2n) is 4.95. The van der Waals surface area contributed by atoms with Gasteiger partial charge in [-0.3, -0.25) is 9.78 Å². The normalized spacial score (nSPS) is 10.5. The van der Waals surface area contributed by atoms with Crippen molar-refractivity contribution in [3.05, 3.63) is 70.7 Å². The molecule has 2 heterocycles. The topological polar surface area (TPSA) is 72.7 Å². The average molecular weight is 372 g/mol. The molecule has 0 aliphatic heterocycles. The molecular weight excluding hydrogens is 358 g/mol. The summed E-state index contributed by atoms with van der Waals surface area (Å²) < 4.78 is 2.62. The highest BCUT2D eigenvalue weighted by Crippen LogP contribution is 2.11. The van der Waals surface area contributed by atoms with Gasteiger partial charge in [0.1, 0.15) is 5.69 Å². The molecule has 2 aromatic heterocycles. The predicted octanol–water partition coefficient (Wildman–Crippen LogP) is 2.28. The van der Waals surface area contributed by atoms with Crippen LogP contribution in [0.25, 0.3) is 5.69 Å². The molecule has 6 nitrogen and oxygen atoms in total. The first-order valence-corrected chi connectivity index (χ1v) is 7.83. The standard InChI is InChI=1S/C16H14BrN5O/c17-13-5-3-12(4-6-13)8-16(23)19-9-14-11-22(21-20-14)15-2-1-7-18-10-15/h1-7,10-11H,8-9H2,(H,19,23). The van der Waals surface area contributed by atoms with Crippen LogP contribution in [0, 0.1) is 0 Å². The summed E-state index contributed by atoms with van der Waals surface area (Å²) >= 11 is 3.37. The molecule has 23 heavy (non-hydrogen) atoms. The summed E-state index contributed by atoms with van der Waals surface area (Å²) in [7, 11) is 0. The van der Waals surface area contributed by atoms with Crippen molar-refractivity contribution in [2.45, 2.75) is 13.0 Å². The summed E-state index contributed by atoms with van der Waals surface area (Å²) in [5.74, 6) is -0.0525. The van der Waals surface area contributed by atoms with E-state index in [1.165, 1.54) is 0 Å². The number of rotatable bonds is 5. The predicted molar refractivity (Wildman–Crippen MR) is 88.8 cm³/mol. The number of nitrogens with zero attached hydrogens (tertiary/aromatic N) is 4. The largest absolute Gasteiger partial charge is 0.350 e. The summed E-state index contributed by atoms with van der Waals surface area (Å²) in [6.07, 6.45) is 5.51. The number of hydrogen-bond acceptors (Lipinski definition) is 4. The lowest BCUT2D eigenvalue weighted by Gasteiger charge is -2.03. The third-order valence-corrected chi connectivity index (χ3v) is 3.72. The van der Waals surface area contributed by atoms with E-state index < -0.39 is 0 Å². The summed E-state index contributed by atoms with van der Waals surface area (Å²) in [6, 6.07) is 11.4. The fraction of sp³-hybridized carbons (Fsp3) is 0.125. The minimum atomic E-state index is -0.0525. The van der Waals surface area contributed by atoms with Gasteiger partial charge in [0.05, 0.1) is 31.0 Å². The molecule has 0 aliphatic carbocycles. The van der Waals surface area contributed by atoms with Crippen molar-refractivity contribution in [3.63, 3.8) is 0 Å². The fourth-order valence-electron chi connectivity index (χ4n) is 2.03. The lowest BCUT2D eigenvalue weighted by molar-refractivity contribution is -0.120. The highest BCUT2D eigenvalue weighted by atomic mass is 79.9. The molecular formula is C16H14BrN5O. The molecule has 0 spiro atoms. The van der Waals surface area contributed by atoms with Crippen molar-refractivity contribution in [2.75, 3.05) is 0 Å². The van der Waals surface area contributed by atoms with E-state index >= 15 is 0 Å². The molecule has 3 rings (SSSR count). The average Bonchev–Trinajstić information content (AvgIpc) is 3.05.